The number of aromatic hydroxyl groups is 2. The second kappa shape index (κ2) is 7.59. The number of fused-ring (bicyclic) bond motifs is 2. The lowest BCUT2D eigenvalue weighted by atomic mass is 9.84. The van der Waals surface area contributed by atoms with Crippen LogP contribution in [0.1, 0.15) is 22.6 Å². The molecule has 0 unspecified atom stereocenters. The molecule has 0 amide bonds. The molecule has 0 radical (unpaired) electrons. The molecule has 0 saturated heterocycles. The lowest BCUT2D eigenvalue weighted by Crippen LogP contribution is -2.21. The molecule has 33 heavy (non-hydrogen) atoms. The first kappa shape index (κ1) is 20.4. The molecule has 164 valence electrons. The molecule has 2 N–H and O–H groups in total. The lowest BCUT2D eigenvalue weighted by molar-refractivity contribution is 0.441. The molecule has 0 aliphatic carbocycles. The number of rotatable bonds is 3. The minimum absolute atomic E-state index is 0.0790. The standard InChI is InChI=1S/C25H14F2O6/c26-15-10-9-12(11-16(15)27)19(20-22(28)13-5-1-3-7-17(13)32-24(20)30)21-23(29)14-6-2-4-8-18(14)33-25(21)31/h1-11,19,28-29H. The summed E-state index contributed by atoms with van der Waals surface area (Å²) in [5.74, 6) is -4.97. The highest BCUT2D eigenvalue weighted by molar-refractivity contribution is 5.86. The zero-order chi connectivity index (χ0) is 23.3. The van der Waals surface area contributed by atoms with Crippen LogP contribution in [0.15, 0.2) is 85.2 Å². The highest BCUT2D eigenvalue weighted by Gasteiger charge is 2.33. The third-order valence-electron chi connectivity index (χ3n) is 5.49. The monoisotopic (exact) mass is 448 g/mol. The van der Waals surface area contributed by atoms with Crippen molar-refractivity contribution in [1.82, 2.24) is 0 Å². The van der Waals surface area contributed by atoms with Crippen LogP contribution in [0.4, 0.5) is 8.78 Å². The van der Waals surface area contributed by atoms with Gasteiger partial charge in [0.2, 0.25) is 0 Å². The summed E-state index contributed by atoms with van der Waals surface area (Å²) < 4.78 is 38.5. The van der Waals surface area contributed by atoms with Crippen LogP contribution in [0, 0.1) is 11.6 Å². The predicted octanol–water partition coefficient (Wildman–Crippen LogP) is 4.77. The smallest absolute Gasteiger partial charge is 0.344 e. The fourth-order valence-corrected chi connectivity index (χ4v) is 3.97. The Kier molecular flexibility index (Phi) is 4.70. The van der Waals surface area contributed by atoms with Gasteiger partial charge in [0.1, 0.15) is 22.7 Å². The van der Waals surface area contributed by atoms with E-state index in [0.717, 1.165) is 18.2 Å². The summed E-state index contributed by atoms with van der Waals surface area (Å²) in [6.45, 7) is 0. The largest absolute Gasteiger partial charge is 0.507 e. The number of hydrogen-bond acceptors (Lipinski definition) is 6. The van der Waals surface area contributed by atoms with E-state index in [1.165, 1.54) is 24.3 Å². The maximum absolute atomic E-state index is 14.2. The summed E-state index contributed by atoms with van der Waals surface area (Å²) >= 11 is 0. The van der Waals surface area contributed by atoms with Gasteiger partial charge in [-0.2, -0.15) is 0 Å². The van der Waals surface area contributed by atoms with Crippen molar-refractivity contribution in [3.05, 3.63) is 116 Å². The second-order valence-electron chi connectivity index (χ2n) is 7.40. The van der Waals surface area contributed by atoms with Crippen molar-refractivity contribution in [1.29, 1.82) is 0 Å². The molecule has 6 nitrogen and oxygen atoms in total. The Morgan fingerprint density at radius 1 is 0.667 bits per heavy atom. The number of para-hydroxylation sites is 2. The predicted molar refractivity (Wildman–Crippen MR) is 116 cm³/mol. The Balaban J connectivity index is 1.92. The van der Waals surface area contributed by atoms with Crippen molar-refractivity contribution >= 4 is 21.9 Å². The first-order valence-electron chi connectivity index (χ1n) is 9.81. The topological polar surface area (TPSA) is 101 Å². The minimum Gasteiger partial charge on any atom is -0.507 e. The van der Waals surface area contributed by atoms with Gasteiger partial charge >= 0.3 is 11.3 Å². The van der Waals surface area contributed by atoms with Crippen molar-refractivity contribution in [2.24, 2.45) is 0 Å². The van der Waals surface area contributed by atoms with E-state index in [1.807, 2.05) is 0 Å². The quantitative estimate of drug-likeness (QED) is 0.386. The van der Waals surface area contributed by atoms with Crippen molar-refractivity contribution in [3.8, 4) is 11.5 Å². The summed E-state index contributed by atoms with van der Waals surface area (Å²) in [4.78, 5) is 25.9. The summed E-state index contributed by atoms with van der Waals surface area (Å²) in [7, 11) is 0. The van der Waals surface area contributed by atoms with E-state index in [0.29, 0.717) is 0 Å². The van der Waals surface area contributed by atoms with Crippen LogP contribution in [0.3, 0.4) is 0 Å². The third kappa shape index (κ3) is 3.23. The first-order valence-corrected chi connectivity index (χ1v) is 9.81. The van der Waals surface area contributed by atoms with Crippen LogP contribution >= 0.6 is 0 Å². The van der Waals surface area contributed by atoms with Crippen LogP contribution < -0.4 is 11.3 Å². The molecular formula is C25H14F2O6. The van der Waals surface area contributed by atoms with Gasteiger partial charge in [0.25, 0.3) is 0 Å². The summed E-state index contributed by atoms with van der Waals surface area (Å²) in [6.07, 6.45) is 0. The fourth-order valence-electron chi connectivity index (χ4n) is 3.97. The molecule has 0 saturated carbocycles. The van der Waals surface area contributed by atoms with Gasteiger partial charge in [-0.1, -0.05) is 30.3 Å². The molecule has 0 bridgehead atoms. The van der Waals surface area contributed by atoms with Crippen LogP contribution in [0.25, 0.3) is 21.9 Å². The van der Waals surface area contributed by atoms with E-state index < -0.39 is 51.4 Å². The normalized spacial score (nSPS) is 11.5. The van der Waals surface area contributed by atoms with E-state index in [-0.39, 0.29) is 27.5 Å². The van der Waals surface area contributed by atoms with Gasteiger partial charge in [0.05, 0.1) is 27.8 Å². The van der Waals surface area contributed by atoms with Crippen molar-refractivity contribution in [2.45, 2.75) is 5.92 Å². The molecule has 0 atom stereocenters. The Labute approximate surface area is 183 Å². The van der Waals surface area contributed by atoms with E-state index in [4.69, 9.17) is 8.83 Å². The zero-order valence-corrected chi connectivity index (χ0v) is 16.7. The Bertz CT molecular complexity index is 1570. The Morgan fingerprint density at radius 3 is 1.64 bits per heavy atom. The molecule has 0 fully saturated rings. The summed E-state index contributed by atoms with van der Waals surface area (Å²) in [5.41, 5.74) is -2.81. The van der Waals surface area contributed by atoms with Gasteiger partial charge in [0.15, 0.2) is 11.6 Å². The molecule has 3 aromatic carbocycles. The van der Waals surface area contributed by atoms with Gasteiger partial charge < -0.3 is 19.0 Å². The average Bonchev–Trinajstić information content (AvgIpc) is 2.80. The Hall–Kier alpha value is -4.46. The second-order valence-corrected chi connectivity index (χ2v) is 7.40. The fraction of sp³-hybridized carbons (Fsp3) is 0.0400. The van der Waals surface area contributed by atoms with Crippen molar-refractivity contribution in [2.75, 3.05) is 0 Å². The first-order chi connectivity index (χ1) is 15.9. The number of benzene rings is 3. The van der Waals surface area contributed by atoms with Crippen molar-refractivity contribution in [3.63, 3.8) is 0 Å². The number of hydrogen-bond donors (Lipinski definition) is 2. The van der Waals surface area contributed by atoms with E-state index >= 15 is 0 Å². The lowest BCUT2D eigenvalue weighted by Gasteiger charge is -2.19. The van der Waals surface area contributed by atoms with Crippen LogP contribution in [-0.2, 0) is 0 Å². The number of halogens is 2. The summed E-state index contributed by atoms with van der Waals surface area (Å²) in [6, 6.07) is 15.0. The Morgan fingerprint density at radius 2 is 1.15 bits per heavy atom. The molecule has 0 spiro atoms. The van der Waals surface area contributed by atoms with Crippen molar-refractivity contribution < 1.29 is 27.8 Å². The molecule has 5 rings (SSSR count). The summed E-state index contributed by atoms with van der Waals surface area (Å²) in [5, 5.41) is 22.3. The van der Waals surface area contributed by atoms with Crippen LogP contribution in [0.5, 0.6) is 11.5 Å². The average molecular weight is 448 g/mol. The van der Waals surface area contributed by atoms with E-state index in [2.05, 4.69) is 0 Å². The molecular weight excluding hydrogens is 434 g/mol. The molecule has 2 heterocycles. The SMILES string of the molecule is O=c1oc2ccccc2c(O)c1C(c1ccc(F)c(F)c1)c1c(O)c2ccccc2oc1=O. The molecule has 2 aromatic heterocycles. The molecule has 8 heteroatoms. The highest BCUT2D eigenvalue weighted by atomic mass is 19.2. The zero-order valence-electron chi connectivity index (χ0n) is 16.7. The van der Waals surface area contributed by atoms with Crippen LogP contribution in [0.2, 0.25) is 0 Å². The van der Waals surface area contributed by atoms with Gasteiger partial charge in [-0.15, -0.1) is 0 Å². The van der Waals surface area contributed by atoms with E-state index in [1.54, 1.807) is 24.3 Å². The molecule has 5 aromatic rings. The third-order valence-corrected chi connectivity index (χ3v) is 5.49. The molecule has 0 aliphatic heterocycles. The maximum Gasteiger partial charge on any atom is 0.344 e. The van der Waals surface area contributed by atoms with E-state index in [9.17, 15) is 28.6 Å². The van der Waals surface area contributed by atoms with Gasteiger partial charge in [-0.25, -0.2) is 18.4 Å². The minimum atomic E-state index is -1.53. The maximum atomic E-state index is 14.2. The van der Waals surface area contributed by atoms with Gasteiger partial charge in [-0.3, -0.25) is 0 Å². The highest BCUT2D eigenvalue weighted by Crippen LogP contribution is 2.42. The van der Waals surface area contributed by atoms with Crippen LogP contribution in [-0.4, -0.2) is 10.2 Å². The molecule has 0 aliphatic rings. The van der Waals surface area contributed by atoms with Gasteiger partial charge in [-0.05, 0) is 42.0 Å². The van der Waals surface area contributed by atoms with Gasteiger partial charge in [0, 0.05) is 0 Å².